The molecule has 1 saturated heterocycles. The lowest BCUT2D eigenvalue weighted by molar-refractivity contribution is -0.0511. The molecule has 3 heterocycles. The zero-order chi connectivity index (χ0) is 21.4. The number of fused-ring (bicyclic) bond motifs is 1. The van der Waals surface area contributed by atoms with Crippen molar-refractivity contribution in [1.29, 1.82) is 0 Å². The molecule has 1 aliphatic heterocycles. The first-order chi connectivity index (χ1) is 14.4. The van der Waals surface area contributed by atoms with Gasteiger partial charge in [-0.2, -0.15) is 0 Å². The van der Waals surface area contributed by atoms with Gasteiger partial charge < -0.3 is 30.1 Å². The summed E-state index contributed by atoms with van der Waals surface area (Å²) in [5.74, 6) is 0.507. The van der Waals surface area contributed by atoms with Crippen LogP contribution in [-0.4, -0.2) is 78.0 Å². The molecule has 6 atom stereocenters. The zero-order valence-electron chi connectivity index (χ0n) is 16.6. The minimum absolute atomic E-state index is 0.315. The van der Waals surface area contributed by atoms with Crippen molar-refractivity contribution in [3.8, 4) is 0 Å². The third-order valence-electron chi connectivity index (χ3n) is 5.67. The number of benzene rings is 1. The van der Waals surface area contributed by atoms with Crippen LogP contribution in [0.5, 0.6) is 0 Å². The first-order valence-electron chi connectivity index (χ1n) is 9.69. The summed E-state index contributed by atoms with van der Waals surface area (Å²) in [6.07, 6.45) is -2.22. The Hall–Kier alpha value is -2.63. The molecule has 2 aromatic heterocycles. The monoisotopic (exact) mass is 415 g/mol. The molecule has 0 spiro atoms. The van der Waals surface area contributed by atoms with Crippen LogP contribution in [-0.2, 0) is 4.74 Å². The molecule has 1 fully saturated rings. The SMILES string of the molecule is CC(C(O)c1ccccc1)N(C)c1ncnc2c1ncn2[C@@H]1O[C@H](CO)C(O)C1O. The van der Waals surface area contributed by atoms with Gasteiger partial charge in [0.15, 0.2) is 23.2 Å². The number of rotatable bonds is 6. The fourth-order valence-electron chi connectivity index (χ4n) is 3.73. The van der Waals surface area contributed by atoms with Crippen LogP contribution in [0, 0.1) is 0 Å². The second kappa shape index (κ2) is 8.25. The van der Waals surface area contributed by atoms with Gasteiger partial charge in [-0.05, 0) is 12.5 Å². The largest absolute Gasteiger partial charge is 0.394 e. The van der Waals surface area contributed by atoms with E-state index < -0.39 is 37.3 Å². The quantitative estimate of drug-likeness (QED) is 0.438. The molecule has 0 amide bonds. The highest BCUT2D eigenvalue weighted by atomic mass is 16.6. The Morgan fingerprint density at radius 2 is 1.87 bits per heavy atom. The molecule has 160 valence electrons. The third kappa shape index (κ3) is 3.42. The molecule has 4 unspecified atom stereocenters. The molecule has 10 heteroatoms. The zero-order valence-corrected chi connectivity index (χ0v) is 16.6. The van der Waals surface area contributed by atoms with Crippen LogP contribution in [0.4, 0.5) is 5.82 Å². The van der Waals surface area contributed by atoms with Gasteiger partial charge in [0.2, 0.25) is 0 Å². The Morgan fingerprint density at radius 3 is 2.53 bits per heavy atom. The number of likely N-dealkylation sites (N-methyl/N-ethyl adjacent to an activating group) is 1. The maximum Gasteiger partial charge on any atom is 0.167 e. The highest BCUT2D eigenvalue weighted by Gasteiger charge is 2.44. The summed E-state index contributed by atoms with van der Waals surface area (Å²) in [7, 11) is 1.81. The van der Waals surface area contributed by atoms with E-state index in [-0.39, 0.29) is 6.04 Å². The number of hydrogen-bond acceptors (Lipinski definition) is 9. The van der Waals surface area contributed by atoms with Gasteiger partial charge in [0.1, 0.15) is 24.6 Å². The molecule has 4 rings (SSSR count). The first kappa shape index (κ1) is 20.6. The molecule has 3 aromatic rings. The number of aliphatic hydroxyl groups is 4. The number of aromatic nitrogens is 4. The Morgan fingerprint density at radius 1 is 1.13 bits per heavy atom. The van der Waals surface area contributed by atoms with Gasteiger partial charge in [-0.15, -0.1) is 0 Å². The van der Waals surface area contributed by atoms with Crippen LogP contribution < -0.4 is 4.90 Å². The van der Waals surface area contributed by atoms with Crippen LogP contribution in [0.3, 0.4) is 0 Å². The second-order valence-electron chi connectivity index (χ2n) is 7.46. The predicted octanol–water partition coefficient (Wildman–Crippen LogP) is -0.00390. The molecule has 0 saturated carbocycles. The fraction of sp³-hybridized carbons (Fsp3) is 0.450. The summed E-state index contributed by atoms with van der Waals surface area (Å²) < 4.78 is 7.10. The third-order valence-corrected chi connectivity index (χ3v) is 5.67. The maximum atomic E-state index is 10.8. The van der Waals surface area contributed by atoms with E-state index in [1.165, 1.54) is 17.2 Å². The van der Waals surface area contributed by atoms with Gasteiger partial charge in [0.25, 0.3) is 0 Å². The number of aliphatic hydroxyl groups excluding tert-OH is 4. The Bertz CT molecular complexity index is 1000. The van der Waals surface area contributed by atoms with Crippen LogP contribution in [0.15, 0.2) is 43.0 Å². The van der Waals surface area contributed by atoms with Gasteiger partial charge in [0, 0.05) is 7.05 Å². The van der Waals surface area contributed by atoms with Gasteiger partial charge in [-0.1, -0.05) is 30.3 Å². The van der Waals surface area contributed by atoms with Gasteiger partial charge >= 0.3 is 0 Å². The number of imidazole rings is 1. The molecule has 0 bridgehead atoms. The van der Waals surface area contributed by atoms with Crippen molar-refractivity contribution in [1.82, 2.24) is 19.5 Å². The summed E-state index contributed by atoms with van der Waals surface area (Å²) in [6.45, 7) is 1.47. The average molecular weight is 415 g/mol. The van der Waals surface area contributed by atoms with Crippen molar-refractivity contribution in [2.24, 2.45) is 0 Å². The summed E-state index contributed by atoms with van der Waals surface area (Å²) in [6, 6.07) is 9.04. The lowest BCUT2D eigenvalue weighted by Crippen LogP contribution is -2.35. The fourth-order valence-corrected chi connectivity index (χ4v) is 3.73. The van der Waals surface area contributed by atoms with Crippen molar-refractivity contribution in [3.63, 3.8) is 0 Å². The van der Waals surface area contributed by atoms with Crippen molar-refractivity contribution >= 4 is 17.0 Å². The topological polar surface area (TPSA) is 137 Å². The van der Waals surface area contributed by atoms with E-state index in [1.54, 1.807) is 0 Å². The molecule has 0 aliphatic carbocycles. The molecule has 1 aliphatic rings. The Kier molecular flexibility index (Phi) is 5.67. The van der Waals surface area contributed by atoms with E-state index in [9.17, 15) is 20.4 Å². The van der Waals surface area contributed by atoms with Crippen LogP contribution in [0.2, 0.25) is 0 Å². The molecular weight excluding hydrogens is 390 g/mol. The van der Waals surface area contributed by atoms with E-state index >= 15 is 0 Å². The number of anilines is 1. The molecule has 30 heavy (non-hydrogen) atoms. The number of hydrogen-bond donors (Lipinski definition) is 4. The lowest BCUT2D eigenvalue weighted by atomic mass is 10.0. The Balaban J connectivity index is 1.65. The summed E-state index contributed by atoms with van der Waals surface area (Å²) in [5, 5.41) is 40.5. The highest BCUT2D eigenvalue weighted by molar-refractivity contribution is 5.83. The minimum atomic E-state index is -1.24. The van der Waals surface area contributed by atoms with Gasteiger partial charge in [-0.3, -0.25) is 4.57 Å². The standard InChI is InChI=1S/C20H25N5O5/c1-11(15(27)12-6-4-3-5-7-12)24(2)18-14-19(22-9-21-18)25(10-23-14)20-17(29)16(28)13(8-26)30-20/h3-7,9-11,13,15-17,20,26-29H,8H2,1-2H3/t11?,13-,15?,16?,17?,20-/m1/s1. The molecular formula is C20H25N5O5. The normalized spacial score (nSPS) is 26.1. The predicted molar refractivity (Wildman–Crippen MR) is 108 cm³/mol. The van der Waals surface area contributed by atoms with Crippen LogP contribution in [0.25, 0.3) is 11.2 Å². The van der Waals surface area contributed by atoms with Crippen LogP contribution >= 0.6 is 0 Å². The van der Waals surface area contributed by atoms with E-state index in [0.29, 0.717) is 17.0 Å². The van der Waals surface area contributed by atoms with E-state index in [4.69, 9.17) is 4.74 Å². The summed E-state index contributed by atoms with van der Waals surface area (Å²) >= 11 is 0. The van der Waals surface area contributed by atoms with Crippen LogP contribution in [0.1, 0.15) is 24.8 Å². The lowest BCUT2D eigenvalue weighted by Gasteiger charge is -2.30. The number of nitrogens with zero attached hydrogens (tertiary/aromatic N) is 5. The molecule has 4 N–H and O–H groups in total. The summed E-state index contributed by atoms with van der Waals surface area (Å²) in [4.78, 5) is 14.8. The minimum Gasteiger partial charge on any atom is -0.394 e. The molecule has 10 nitrogen and oxygen atoms in total. The first-order valence-corrected chi connectivity index (χ1v) is 9.69. The van der Waals surface area contributed by atoms with Gasteiger partial charge in [0.05, 0.1) is 25.1 Å². The van der Waals surface area contributed by atoms with Crippen molar-refractivity contribution in [3.05, 3.63) is 48.5 Å². The smallest absolute Gasteiger partial charge is 0.167 e. The van der Waals surface area contributed by atoms with E-state index in [2.05, 4.69) is 15.0 Å². The van der Waals surface area contributed by atoms with E-state index in [1.807, 2.05) is 49.2 Å². The second-order valence-corrected chi connectivity index (χ2v) is 7.46. The maximum absolute atomic E-state index is 10.8. The average Bonchev–Trinajstić information content (AvgIpc) is 3.33. The van der Waals surface area contributed by atoms with E-state index in [0.717, 1.165) is 5.56 Å². The highest BCUT2D eigenvalue weighted by Crippen LogP contribution is 2.33. The summed E-state index contributed by atoms with van der Waals surface area (Å²) in [5.41, 5.74) is 1.66. The molecule has 0 radical (unpaired) electrons. The van der Waals surface area contributed by atoms with Crippen molar-refractivity contribution in [2.45, 2.75) is 43.6 Å². The van der Waals surface area contributed by atoms with Crippen molar-refractivity contribution in [2.75, 3.05) is 18.6 Å². The molecule has 1 aromatic carbocycles. The number of ether oxygens (including phenoxy) is 1. The van der Waals surface area contributed by atoms with Crippen molar-refractivity contribution < 1.29 is 25.2 Å². The Labute approximate surface area is 173 Å². The van der Waals surface area contributed by atoms with Gasteiger partial charge in [-0.25, -0.2) is 15.0 Å².